The van der Waals surface area contributed by atoms with Gasteiger partial charge in [-0.2, -0.15) is 0 Å². The number of hydrogen-bond donors (Lipinski definition) is 2. The maximum Gasteiger partial charge on any atom is 0.416 e. The number of fused-ring (bicyclic) bond motifs is 3. The smallest absolute Gasteiger partial charge is 0.416 e. The molecular weight excluding hydrogens is 524 g/mol. The minimum Gasteiger partial charge on any atom is -0.494 e. The van der Waals surface area contributed by atoms with Crippen LogP contribution in [0.1, 0.15) is 48.5 Å². The normalized spacial score (nSPS) is 17.5. The number of anilines is 1. The average molecular weight is 559 g/mol. The largest absolute Gasteiger partial charge is 0.494 e. The molecule has 2 aliphatic rings. The van der Waals surface area contributed by atoms with Crippen molar-refractivity contribution in [1.29, 1.82) is 0 Å². The summed E-state index contributed by atoms with van der Waals surface area (Å²) in [5, 5.41) is 1.78. The minimum absolute atomic E-state index is 0.343. The molecule has 3 heterocycles. The van der Waals surface area contributed by atoms with Crippen molar-refractivity contribution in [2.24, 2.45) is 0 Å². The lowest BCUT2D eigenvalue weighted by atomic mass is 9.92. The van der Waals surface area contributed by atoms with E-state index in [0.29, 0.717) is 36.0 Å². The van der Waals surface area contributed by atoms with Crippen LogP contribution in [0, 0.1) is 0 Å². The molecule has 0 radical (unpaired) electrons. The van der Waals surface area contributed by atoms with Crippen molar-refractivity contribution in [3.05, 3.63) is 88.6 Å². The molecule has 208 valence electrons. The molecule has 0 aliphatic carbocycles. The number of benzene rings is 3. The second-order valence-electron chi connectivity index (χ2n) is 10.7. The molecule has 0 spiro atoms. The van der Waals surface area contributed by atoms with Crippen LogP contribution in [0.3, 0.4) is 0 Å². The molecule has 1 atom stereocenters. The predicted octanol–water partition coefficient (Wildman–Crippen LogP) is 6.80. The number of rotatable bonds is 7. The number of nitrogens with two attached hydrogens (primary N) is 1. The van der Waals surface area contributed by atoms with Crippen LogP contribution in [0.4, 0.5) is 10.5 Å². The van der Waals surface area contributed by atoms with Crippen molar-refractivity contribution in [3.63, 3.8) is 0 Å². The zero-order valence-electron chi connectivity index (χ0n) is 22.6. The number of halogens is 1. The van der Waals surface area contributed by atoms with Gasteiger partial charge in [0.25, 0.3) is 0 Å². The first-order valence-corrected chi connectivity index (χ1v) is 14.5. The van der Waals surface area contributed by atoms with Crippen LogP contribution in [0.25, 0.3) is 10.9 Å². The van der Waals surface area contributed by atoms with E-state index in [1.165, 1.54) is 37.9 Å². The molecule has 0 bridgehead atoms. The Kier molecular flexibility index (Phi) is 7.84. The number of H-pyrrole nitrogens is 1. The summed E-state index contributed by atoms with van der Waals surface area (Å²) in [4.78, 5) is 21.4. The summed E-state index contributed by atoms with van der Waals surface area (Å²) in [7, 11) is 0. The summed E-state index contributed by atoms with van der Waals surface area (Å²) in [6, 6.07) is 20.5. The van der Waals surface area contributed by atoms with Crippen molar-refractivity contribution in [1.82, 2.24) is 14.8 Å². The number of aromatic nitrogens is 1. The van der Waals surface area contributed by atoms with E-state index in [1.54, 1.807) is 29.2 Å². The summed E-state index contributed by atoms with van der Waals surface area (Å²) < 4.78 is 11.8. The van der Waals surface area contributed by atoms with Crippen LogP contribution in [-0.2, 0) is 6.42 Å². The van der Waals surface area contributed by atoms with Gasteiger partial charge in [0.1, 0.15) is 17.5 Å². The van der Waals surface area contributed by atoms with E-state index in [2.05, 4.69) is 9.88 Å². The Morgan fingerprint density at radius 3 is 2.48 bits per heavy atom. The molecule has 1 fully saturated rings. The van der Waals surface area contributed by atoms with E-state index >= 15 is 0 Å². The number of likely N-dealkylation sites (tertiary alicyclic amines) is 1. The van der Waals surface area contributed by atoms with Crippen molar-refractivity contribution in [3.8, 4) is 11.5 Å². The topological polar surface area (TPSA) is 83.8 Å². The molecule has 3 aromatic carbocycles. The summed E-state index contributed by atoms with van der Waals surface area (Å²) >= 11 is 6.34. The molecule has 1 unspecified atom stereocenters. The number of piperidine rings is 1. The predicted molar refractivity (Wildman–Crippen MR) is 159 cm³/mol. The molecule has 1 saturated heterocycles. The number of nitrogens with zero attached hydrogens (tertiary/aromatic N) is 2. The van der Waals surface area contributed by atoms with Crippen LogP contribution in [-0.4, -0.2) is 53.7 Å². The van der Waals surface area contributed by atoms with Gasteiger partial charge < -0.3 is 25.1 Å². The first-order chi connectivity index (χ1) is 19.5. The van der Waals surface area contributed by atoms with Crippen LogP contribution in [0.5, 0.6) is 11.5 Å². The standard InChI is InChI=1S/C32H35ClN4O3/c33-23-7-14-29-28(21-23)27-15-19-37(32(38)40-26-12-8-24(34)9-13-26)31(30(27)35-29)22-5-10-25(11-6-22)39-20-4-18-36-16-2-1-3-17-36/h5-14,21,31,35H,1-4,15-20,34H2. The van der Waals surface area contributed by atoms with Crippen LogP contribution in [0.15, 0.2) is 66.7 Å². The van der Waals surface area contributed by atoms with Gasteiger partial charge in [-0.25, -0.2) is 4.79 Å². The van der Waals surface area contributed by atoms with Crippen molar-refractivity contribution < 1.29 is 14.3 Å². The fourth-order valence-electron chi connectivity index (χ4n) is 5.91. The lowest BCUT2D eigenvalue weighted by molar-refractivity contribution is 0.135. The average Bonchev–Trinajstić information content (AvgIpc) is 3.35. The Bertz CT molecular complexity index is 1460. The van der Waals surface area contributed by atoms with E-state index in [-0.39, 0.29) is 6.04 Å². The first kappa shape index (κ1) is 26.5. The molecular formula is C32H35ClN4O3. The highest BCUT2D eigenvalue weighted by molar-refractivity contribution is 6.31. The molecule has 1 aromatic heterocycles. The second-order valence-corrected chi connectivity index (χ2v) is 11.1. The van der Waals surface area contributed by atoms with Gasteiger partial charge in [0, 0.05) is 40.4 Å². The van der Waals surface area contributed by atoms with Crippen LogP contribution < -0.4 is 15.2 Å². The van der Waals surface area contributed by atoms with Crippen molar-refractivity contribution in [2.75, 3.05) is 38.5 Å². The third-order valence-electron chi connectivity index (χ3n) is 7.94. The third-order valence-corrected chi connectivity index (χ3v) is 8.18. The highest BCUT2D eigenvalue weighted by Crippen LogP contribution is 2.40. The van der Waals surface area contributed by atoms with Gasteiger partial charge in [0.2, 0.25) is 0 Å². The van der Waals surface area contributed by atoms with Gasteiger partial charge in [0.05, 0.1) is 6.61 Å². The zero-order valence-corrected chi connectivity index (χ0v) is 23.3. The molecule has 3 N–H and O–H groups in total. The monoisotopic (exact) mass is 558 g/mol. The summed E-state index contributed by atoms with van der Waals surface area (Å²) in [5.41, 5.74) is 10.6. The van der Waals surface area contributed by atoms with E-state index in [9.17, 15) is 4.79 Å². The Balaban J connectivity index is 1.22. The molecule has 1 amide bonds. The fourth-order valence-corrected chi connectivity index (χ4v) is 6.08. The molecule has 7 nitrogen and oxygen atoms in total. The number of aromatic amines is 1. The Labute approximate surface area is 239 Å². The molecule has 4 aromatic rings. The second kappa shape index (κ2) is 11.8. The maximum atomic E-state index is 13.5. The molecule has 40 heavy (non-hydrogen) atoms. The molecule has 0 saturated carbocycles. The number of carbonyl (C=O) groups is 1. The van der Waals surface area contributed by atoms with Crippen LogP contribution in [0.2, 0.25) is 5.02 Å². The molecule has 6 rings (SSSR count). The van der Waals surface area contributed by atoms with Crippen molar-refractivity contribution >= 4 is 34.3 Å². The number of amides is 1. The SMILES string of the molecule is Nc1ccc(OC(=O)N2CCc3c([nH]c4ccc(Cl)cc34)C2c2ccc(OCCCN3CCCCC3)cc2)cc1. The van der Waals surface area contributed by atoms with E-state index < -0.39 is 6.09 Å². The number of nitrogen functional groups attached to an aromatic ring is 1. The summed E-state index contributed by atoms with van der Waals surface area (Å²) in [6.07, 6.45) is 5.26. The van der Waals surface area contributed by atoms with Crippen LogP contribution >= 0.6 is 11.6 Å². The molecule has 2 aliphatic heterocycles. The Hall–Kier alpha value is -3.68. The number of nitrogens with one attached hydrogen (secondary N) is 1. The highest BCUT2D eigenvalue weighted by Gasteiger charge is 2.35. The van der Waals surface area contributed by atoms with E-state index in [4.69, 9.17) is 26.8 Å². The van der Waals surface area contributed by atoms with Gasteiger partial charge in [-0.1, -0.05) is 30.2 Å². The highest BCUT2D eigenvalue weighted by atomic mass is 35.5. The number of hydrogen-bond acceptors (Lipinski definition) is 5. The Morgan fingerprint density at radius 1 is 0.950 bits per heavy atom. The number of ether oxygens (including phenoxy) is 2. The molecule has 8 heteroatoms. The third kappa shape index (κ3) is 5.76. The zero-order chi connectivity index (χ0) is 27.5. The van der Waals surface area contributed by atoms with Gasteiger partial charge >= 0.3 is 6.09 Å². The van der Waals surface area contributed by atoms with Crippen molar-refractivity contribution in [2.45, 2.75) is 38.1 Å². The summed E-state index contributed by atoms with van der Waals surface area (Å²) in [5.74, 6) is 1.29. The lowest BCUT2D eigenvalue weighted by Crippen LogP contribution is -2.42. The minimum atomic E-state index is -0.407. The van der Waals surface area contributed by atoms with Gasteiger partial charge in [-0.05, 0) is 104 Å². The Morgan fingerprint density at radius 2 is 1.70 bits per heavy atom. The maximum absolute atomic E-state index is 13.5. The fraction of sp³-hybridized carbons (Fsp3) is 0.344. The van der Waals surface area contributed by atoms with E-state index in [1.807, 2.05) is 42.5 Å². The summed E-state index contributed by atoms with van der Waals surface area (Å²) in [6.45, 7) is 4.69. The number of carbonyl (C=O) groups excluding carboxylic acids is 1. The van der Waals surface area contributed by atoms with Gasteiger partial charge in [0.15, 0.2) is 0 Å². The van der Waals surface area contributed by atoms with Gasteiger partial charge in [-0.3, -0.25) is 4.90 Å². The quantitative estimate of drug-likeness (QED) is 0.192. The van der Waals surface area contributed by atoms with Gasteiger partial charge in [-0.15, -0.1) is 0 Å². The van der Waals surface area contributed by atoms with E-state index in [0.717, 1.165) is 40.9 Å². The first-order valence-electron chi connectivity index (χ1n) is 14.1. The lowest BCUT2D eigenvalue weighted by Gasteiger charge is -2.35.